The molecule has 0 aliphatic rings. The summed E-state index contributed by atoms with van der Waals surface area (Å²) in [5, 5.41) is 8.93. The number of hydrogen-bond acceptors (Lipinski definition) is 3. The second kappa shape index (κ2) is 3.01. The van der Waals surface area contributed by atoms with Crippen LogP contribution in [0.1, 0.15) is 5.82 Å². The normalized spacial score (nSPS) is 10.9. The van der Waals surface area contributed by atoms with E-state index in [-0.39, 0.29) is 6.61 Å². The monoisotopic (exact) mass is 241 g/mol. The predicted molar refractivity (Wildman–Crippen MR) is 53.5 cm³/mol. The van der Waals surface area contributed by atoms with E-state index in [1.165, 1.54) is 4.68 Å². The lowest BCUT2D eigenvalue weighted by Gasteiger charge is -1.97. The van der Waals surface area contributed by atoms with E-state index in [9.17, 15) is 0 Å². The molecule has 0 bridgehead atoms. The number of para-hydroxylation sites is 1. The van der Waals surface area contributed by atoms with Crippen LogP contribution in [0.5, 0.6) is 0 Å². The molecule has 0 unspecified atom stereocenters. The molecule has 0 amide bonds. The highest BCUT2D eigenvalue weighted by Gasteiger charge is 2.08. The summed E-state index contributed by atoms with van der Waals surface area (Å²) in [5.74, 6) is 6.15. The number of aliphatic hydroxyl groups is 1. The fourth-order valence-electron chi connectivity index (χ4n) is 1.24. The summed E-state index contributed by atoms with van der Waals surface area (Å²) in [4.78, 5) is 4.17. The van der Waals surface area contributed by atoms with Gasteiger partial charge in [-0.3, -0.25) is 0 Å². The molecule has 0 fully saturated rings. The molecule has 13 heavy (non-hydrogen) atoms. The lowest BCUT2D eigenvalue weighted by atomic mass is 10.3. The highest BCUT2D eigenvalue weighted by atomic mass is 79.9. The third-order valence-corrected chi connectivity index (χ3v) is 2.53. The zero-order valence-electron chi connectivity index (χ0n) is 6.74. The average Bonchev–Trinajstić information content (AvgIpc) is 2.45. The second-order valence-corrected chi connectivity index (χ2v) is 3.52. The van der Waals surface area contributed by atoms with E-state index in [1.54, 1.807) is 0 Å². The molecule has 1 heterocycles. The van der Waals surface area contributed by atoms with Crippen LogP contribution in [0.4, 0.5) is 0 Å². The molecular formula is C8H8BrN3O. The SMILES string of the molecule is Nn1c(CO)nc2c(Br)cccc21. The first-order chi connectivity index (χ1) is 6.24. The van der Waals surface area contributed by atoms with Gasteiger partial charge in [0.15, 0.2) is 5.82 Å². The van der Waals surface area contributed by atoms with Crippen LogP contribution in [0, 0.1) is 0 Å². The van der Waals surface area contributed by atoms with Crippen molar-refractivity contribution in [2.75, 3.05) is 5.84 Å². The molecule has 5 heteroatoms. The van der Waals surface area contributed by atoms with Crippen LogP contribution in [-0.2, 0) is 6.61 Å². The van der Waals surface area contributed by atoms with Crippen molar-refractivity contribution in [2.45, 2.75) is 6.61 Å². The van der Waals surface area contributed by atoms with Gasteiger partial charge in [-0.1, -0.05) is 6.07 Å². The number of fused-ring (bicyclic) bond motifs is 1. The third kappa shape index (κ3) is 1.20. The number of hydrogen-bond donors (Lipinski definition) is 2. The lowest BCUT2D eigenvalue weighted by molar-refractivity contribution is 0.269. The largest absolute Gasteiger partial charge is 0.388 e. The molecule has 0 atom stereocenters. The van der Waals surface area contributed by atoms with Crippen LogP contribution in [0.3, 0.4) is 0 Å². The van der Waals surface area contributed by atoms with E-state index >= 15 is 0 Å². The van der Waals surface area contributed by atoms with Gasteiger partial charge < -0.3 is 10.9 Å². The maximum Gasteiger partial charge on any atom is 0.154 e. The molecule has 68 valence electrons. The van der Waals surface area contributed by atoms with Crippen molar-refractivity contribution in [3.05, 3.63) is 28.5 Å². The highest BCUT2D eigenvalue weighted by Crippen LogP contribution is 2.22. The first kappa shape index (κ1) is 8.52. The van der Waals surface area contributed by atoms with Gasteiger partial charge in [-0.05, 0) is 28.1 Å². The minimum absolute atomic E-state index is 0.155. The molecule has 2 rings (SSSR count). The maximum absolute atomic E-state index is 8.93. The molecule has 0 saturated heterocycles. The molecular weight excluding hydrogens is 234 g/mol. The number of aromatic nitrogens is 2. The van der Waals surface area contributed by atoms with Gasteiger partial charge >= 0.3 is 0 Å². The Balaban J connectivity index is 2.83. The summed E-state index contributed by atoms with van der Waals surface area (Å²) < 4.78 is 2.27. The number of nitrogens with two attached hydrogens (primary N) is 1. The van der Waals surface area contributed by atoms with E-state index in [4.69, 9.17) is 10.9 Å². The van der Waals surface area contributed by atoms with Crippen LogP contribution < -0.4 is 5.84 Å². The smallest absolute Gasteiger partial charge is 0.154 e. The van der Waals surface area contributed by atoms with Gasteiger partial charge in [0.05, 0.1) is 5.52 Å². The van der Waals surface area contributed by atoms with Crippen molar-refractivity contribution >= 4 is 27.0 Å². The summed E-state index contributed by atoms with van der Waals surface area (Å²) in [6.07, 6.45) is 0. The van der Waals surface area contributed by atoms with E-state index in [0.29, 0.717) is 5.82 Å². The van der Waals surface area contributed by atoms with Gasteiger partial charge in [-0.15, -0.1) is 0 Å². The topological polar surface area (TPSA) is 64.1 Å². The zero-order valence-corrected chi connectivity index (χ0v) is 8.32. The van der Waals surface area contributed by atoms with E-state index in [0.717, 1.165) is 15.5 Å². The van der Waals surface area contributed by atoms with Crippen molar-refractivity contribution in [1.82, 2.24) is 9.66 Å². The Morgan fingerprint density at radius 3 is 2.92 bits per heavy atom. The number of aliphatic hydroxyl groups excluding tert-OH is 1. The number of imidazole rings is 1. The summed E-state index contributed by atoms with van der Waals surface area (Å²) in [5.41, 5.74) is 1.58. The standard InChI is InChI=1S/C8H8BrN3O/c9-5-2-1-3-6-8(5)11-7(4-13)12(6)10/h1-3,13H,4,10H2. The van der Waals surface area contributed by atoms with Crippen molar-refractivity contribution in [2.24, 2.45) is 0 Å². The van der Waals surface area contributed by atoms with E-state index in [2.05, 4.69) is 20.9 Å². The zero-order chi connectivity index (χ0) is 9.42. The van der Waals surface area contributed by atoms with Crippen molar-refractivity contribution in [1.29, 1.82) is 0 Å². The quantitative estimate of drug-likeness (QED) is 0.733. The first-order valence-corrected chi connectivity index (χ1v) is 4.55. The van der Waals surface area contributed by atoms with Gasteiger partial charge in [-0.2, -0.15) is 0 Å². The van der Waals surface area contributed by atoms with E-state index in [1.807, 2.05) is 18.2 Å². The Hall–Kier alpha value is -1.07. The molecule has 0 aliphatic heterocycles. The molecule has 0 saturated carbocycles. The van der Waals surface area contributed by atoms with Gasteiger partial charge in [0.25, 0.3) is 0 Å². The van der Waals surface area contributed by atoms with Crippen LogP contribution >= 0.6 is 15.9 Å². The van der Waals surface area contributed by atoms with Crippen LogP contribution in [-0.4, -0.2) is 14.8 Å². The molecule has 3 N–H and O–H groups in total. The van der Waals surface area contributed by atoms with Crippen molar-refractivity contribution in [3.63, 3.8) is 0 Å². The van der Waals surface area contributed by atoms with Gasteiger partial charge in [0.2, 0.25) is 0 Å². The molecule has 2 aromatic rings. The Morgan fingerprint density at radius 2 is 2.31 bits per heavy atom. The summed E-state index contributed by atoms with van der Waals surface area (Å²) >= 11 is 3.36. The highest BCUT2D eigenvalue weighted by molar-refractivity contribution is 9.10. The number of benzene rings is 1. The number of nitrogens with zero attached hydrogens (tertiary/aromatic N) is 2. The van der Waals surface area contributed by atoms with Crippen LogP contribution in [0.2, 0.25) is 0 Å². The van der Waals surface area contributed by atoms with Crippen molar-refractivity contribution < 1.29 is 5.11 Å². The van der Waals surface area contributed by atoms with Crippen LogP contribution in [0.25, 0.3) is 11.0 Å². The number of nitrogen functional groups attached to an aromatic ring is 1. The Labute approximate surface area is 83.1 Å². The van der Waals surface area contributed by atoms with Crippen LogP contribution in [0.15, 0.2) is 22.7 Å². The average molecular weight is 242 g/mol. The minimum Gasteiger partial charge on any atom is -0.388 e. The summed E-state index contributed by atoms with van der Waals surface area (Å²) in [7, 11) is 0. The fraction of sp³-hybridized carbons (Fsp3) is 0.125. The molecule has 4 nitrogen and oxygen atoms in total. The number of rotatable bonds is 1. The fourth-order valence-corrected chi connectivity index (χ4v) is 1.69. The van der Waals surface area contributed by atoms with E-state index < -0.39 is 0 Å². The summed E-state index contributed by atoms with van der Waals surface area (Å²) in [6.45, 7) is -0.155. The number of halogens is 1. The predicted octanol–water partition coefficient (Wildman–Crippen LogP) is 1.00. The second-order valence-electron chi connectivity index (χ2n) is 2.66. The van der Waals surface area contributed by atoms with Gasteiger partial charge in [0.1, 0.15) is 12.1 Å². The Bertz CT molecular complexity index is 452. The Morgan fingerprint density at radius 1 is 1.54 bits per heavy atom. The third-order valence-electron chi connectivity index (χ3n) is 1.89. The summed E-state index contributed by atoms with van der Waals surface area (Å²) in [6, 6.07) is 5.61. The van der Waals surface area contributed by atoms with Gasteiger partial charge in [0, 0.05) is 4.47 Å². The Kier molecular flexibility index (Phi) is 1.97. The molecule has 0 radical (unpaired) electrons. The molecule has 1 aromatic heterocycles. The molecule has 1 aromatic carbocycles. The lowest BCUT2D eigenvalue weighted by Crippen LogP contribution is -2.12. The van der Waals surface area contributed by atoms with Crippen molar-refractivity contribution in [3.8, 4) is 0 Å². The minimum atomic E-state index is -0.155. The first-order valence-electron chi connectivity index (χ1n) is 3.76. The maximum atomic E-state index is 8.93. The molecule has 0 aliphatic carbocycles. The molecule has 0 spiro atoms. The van der Waals surface area contributed by atoms with Gasteiger partial charge in [-0.25, -0.2) is 9.66 Å².